The number of pyridine rings is 1. The molecule has 3 fully saturated rings. The fourth-order valence-corrected chi connectivity index (χ4v) is 4.70. The van der Waals surface area contributed by atoms with Crippen LogP contribution < -0.4 is 10.2 Å². The molecule has 1 aromatic rings. The number of aromatic nitrogens is 1. The van der Waals surface area contributed by atoms with Crippen LogP contribution >= 0.6 is 0 Å². The zero-order valence-electron chi connectivity index (χ0n) is 15.5. The third-order valence-corrected chi connectivity index (χ3v) is 6.36. The Morgan fingerprint density at radius 2 is 2.28 bits per heavy atom. The van der Waals surface area contributed by atoms with Crippen LogP contribution in [0.3, 0.4) is 0 Å². The van der Waals surface area contributed by atoms with Crippen LogP contribution in [-0.4, -0.2) is 49.5 Å². The molecule has 2 saturated carbocycles. The monoisotopic (exact) mass is 345 g/mol. The molecule has 1 aromatic heterocycles. The molecule has 5 nitrogen and oxygen atoms in total. The minimum atomic E-state index is 0.285. The number of nitrogens with one attached hydrogen (secondary N) is 1. The molecule has 3 atom stereocenters. The summed E-state index contributed by atoms with van der Waals surface area (Å²) in [7, 11) is 0. The van der Waals surface area contributed by atoms with E-state index in [0.717, 1.165) is 45.1 Å². The first-order valence-electron chi connectivity index (χ1n) is 9.88. The number of morpholine rings is 1. The summed E-state index contributed by atoms with van der Waals surface area (Å²) in [5.41, 5.74) is 1.69. The Kier molecular flexibility index (Phi) is 4.98. The van der Waals surface area contributed by atoms with Gasteiger partial charge in [-0.3, -0.25) is 0 Å². The van der Waals surface area contributed by atoms with Crippen LogP contribution in [0.5, 0.6) is 0 Å². The highest BCUT2D eigenvalue weighted by atomic mass is 16.5. The van der Waals surface area contributed by atoms with Crippen molar-refractivity contribution < 1.29 is 9.47 Å². The number of hydrogen-bond acceptors (Lipinski definition) is 5. The molecule has 1 aliphatic heterocycles. The Labute approximate surface area is 151 Å². The summed E-state index contributed by atoms with van der Waals surface area (Å²) >= 11 is 0. The van der Waals surface area contributed by atoms with Gasteiger partial charge >= 0.3 is 0 Å². The van der Waals surface area contributed by atoms with E-state index in [-0.39, 0.29) is 6.10 Å². The van der Waals surface area contributed by atoms with Crippen LogP contribution in [0.4, 0.5) is 5.82 Å². The maximum absolute atomic E-state index is 5.94. The summed E-state index contributed by atoms with van der Waals surface area (Å²) in [5, 5.41) is 3.77. The van der Waals surface area contributed by atoms with E-state index in [0.29, 0.717) is 17.6 Å². The molecule has 5 heteroatoms. The molecule has 0 bridgehead atoms. The molecule has 2 heterocycles. The Morgan fingerprint density at radius 1 is 1.40 bits per heavy atom. The Bertz CT molecular complexity index is 573. The zero-order valence-corrected chi connectivity index (χ0v) is 15.5. The molecule has 1 N–H and O–H groups in total. The van der Waals surface area contributed by atoms with Gasteiger partial charge in [0.25, 0.3) is 0 Å². The van der Waals surface area contributed by atoms with Crippen molar-refractivity contribution in [1.29, 1.82) is 0 Å². The summed E-state index contributed by atoms with van der Waals surface area (Å²) in [4.78, 5) is 6.99. The number of rotatable bonds is 6. The normalized spacial score (nSPS) is 30.8. The molecule has 2 aliphatic carbocycles. The fourth-order valence-electron chi connectivity index (χ4n) is 4.70. The summed E-state index contributed by atoms with van der Waals surface area (Å²) in [6.45, 7) is 8.61. The molecule has 138 valence electrons. The van der Waals surface area contributed by atoms with Gasteiger partial charge in [0.2, 0.25) is 0 Å². The summed E-state index contributed by atoms with van der Waals surface area (Å²) in [5.74, 6) is 1.06. The molecule has 0 aromatic carbocycles. The standard InChI is InChI=1S/C20H31N3O2/c1-3-24-18-11-17(20(18)7-4-8-20)21-12-16-5-6-19(22-13-16)23-9-10-25-15(2)14-23/h5-6,13,15,17-18,21H,3-4,7-12,14H2,1-2H3/t15-,17-,18-/m1/s1. The van der Waals surface area contributed by atoms with Crippen molar-refractivity contribution in [3.63, 3.8) is 0 Å². The van der Waals surface area contributed by atoms with E-state index < -0.39 is 0 Å². The van der Waals surface area contributed by atoms with Crippen LogP contribution in [-0.2, 0) is 16.0 Å². The lowest BCUT2D eigenvalue weighted by Gasteiger charge is -2.61. The second kappa shape index (κ2) is 7.22. The van der Waals surface area contributed by atoms with Gasteiger partial charge in [0.05, 0.1) is 18.8 Å². The largest absolute Gasteiger partial charge is 0.378 e. The van der Waals surface area contributed by atoms with Gasteiger partial charge in [-0.05, 0) is 44.7 Å². The first-order valence-corrected chi connectivity index (χ1v) is 9.88. The Balaban J connectivity index is 1.30. The third-order valence-electron chi connectivity index (χ3n) is 6.36. The van der Waals surface area contributed by atoms with E-state index in [1.807, 2.05) is 6.20 Å². The van der Waals surface area contributed by atoms with Gasteiger partial charge < -0.3 is 19.7 Å². The SMILES string of the molecule is CCO[C@@H]1C[C@@H](NCc2ccc(N3CCO[C@H](C)C3)nc2)C12CCC2. The second-order valence-corrected chi connectivity index (χ2v) is 7.85. The summed E-state index contributed by atoms with van der Waals surface area (Å²) in [6.07, 6.45) is 7.94. The minimum absolute atomic E-state index is 0.285. The minimum Gasteiger partial charge on any atom is -0.378 e. The summed E-state index contributed by atoms with van der Waals surface area (Å²) < 4.78 is 11.6. The molecule has 25 heavy (non-hydrogen) atoms. The molecular weight excluding hydrogens is 314 g/mol. The average Bonchev–Trinajstić information content (AvgIpc) is 2.56. The lowest BCUT2D eigenvalue weighted by atomic mass is 9.51. The predicted octanol–water partition coefficient (Wildman–Crippen LogP) is 2.74. The first-order chi connectivity index (χ1) is 12.2. The van der Waals surface area contributed by atoms with E-state index in [1.54, 1.807) is 0 Å². The van der Waals surface area contributed by atoms with E-state index in [9.17, 15) is 0 Å². The highest BCUT2D eigenvalue weighted by Gasteiger charge is 2.58. The van der Waals surface area contributed by atoms with Crippen LogP contribution in [0.25, 0.3) is 0 Å². The van der Waals surface area contributed by atoms with Crippen LogP contribution in [0.2, 0.25) is 0 Å². The van der Waals surface area contributed by atoms with Gasteiger partial charge in [0.1, 0.15) is 5.82 Å². The topological polar surface area (TPSA) is 46.6 Å². The van der Waals surface area contributed by atoms with Gasteiger partial charge in [0, 0.05) is 43.9 Å². The molecule has 1 spiro atoms. The molecule has 4 rings (SSSR count). The molecule has 0 unspecified atom stereocenters. The number of hydrogen-bond donors (Lipinski definition) is 1. The zero-order chi connectivity index (χ0) is 17.3. The van der Waals surface area contributed by atoms with Crippen LogP contribution in [0.1, 0.15) is 45.1 Å². The predicted molar refractivity (Wildman–Crippen MR) is 98.8 cm³/mol. The van der Waals surface area contributed by atoms with E-state index in [1.165, 1.54) is 24.8 Å². The van der Waals surface area contributed by atoms with E-state index in [2.05, 4.69) is 41.2 Å². The Morgan fingerprint density at radius 3 is 2.92 bits per heavy atom. The number of anilines is 1. The van der Waals surface area contributed by atoms with Gasteiger partial charge in [-0.15, -0.1) is 0 Å². The first kappa shape index (κ1) is 17.3. The molecule has 0 amide bonds. The van der Waals surface area contributed by atoms with Gasteiger partial charge in [-0.25, -0.2) is 4.98 Å². The second-order valence-electron chi connectivity index (χ2n) is 7.85. The number of nitrogens with zero attached hydrogens (tertiary/aromatic N) is 2. The highest BCUT2D eigenvalue weighted by molar-refractivity contribution is 5.40. The molecule has 1 saturated heterocycles. The van der Waals surface area contributed by atoms with Crippen molar-refractivity contribution in [2.24, 2.45) is 5.41 Å². The highest BCUT2D eigenvalue weighted by Crippen LogP contribution is 2.57. The van der Waals surface area contributed by atoms with Crippen molar-refractivity contribution in [2.75, 3.05) is 31.2 Å². The third kappa shape index (κ3) is 3.29. The van der Waals surface area contributed by atoms with Crippen molar-refractivity contribution in [1.82, 2.24) is 10.3 Å². The maximum Gasteiger partial charge on any atom is 0.128 e. The van der Waals surface area contributed by atoms with Crippen molar-refractivity contribution in [3.8, 4) is 0 Å². The van der Waals surface area contributed by atoms with Crippen molar-refractivity contribution >= 4 is 5.82 Å². The fraction of sp³-hybridized carbons (Fsp3) is 0.750. The molecular formula is C20H31N3O2. The quantitative estimate of drug-likeness (QED) is 0.859. The van der Waals surface area contributed by atoms with E-state index in [4.69, 9.17) is 9.47 Å². The van der Waals surface area contributed by atoms with Crippen molar-refractivity contribution in [2.45, 2.75) is 64.3 Å². The molecule has 3 aliphatic rings. The van der Waals surface area contributed by atoms with E-state index >= 15 is 0 Å². The van der Waals surface area contributed by atoms with Gasteiger partial charge in [-0.1, -0.05) is 12.5 Å². The molecule has 0 radical (unpaired) electrons. The Hall–Kier alpha value is -1.17. The maximum atomic E-state index is 5.94. The smallest absolute Gasteiger partial charge is 0.128 e. The van der Waals surface area contributed by atoms with Gasteiger partial charge in [0.15, 0.2) is 0 Å². The van der Waals surface area contributed by atoms with Crippen molar-refractivity contribution in [3.05, 3.63) is 23.9 Å². The lowest BCUT2D eigenvalue weighted by molar-refractivity contribution is -0.173. The number of ether oxygens (including phenoxy) is 2. The summed E-state index contributed by atoms with van der Waals surface area (Å²) in [6, 6.07) is 4.97. The van der Waals surface area contributed by atoms with Gasteiger partial charge in [-0.2, -0.15) is 0 Å². The lowest BCUT2D eigenvalue weighted by Crippen LogP contribution is -2.66. The van der Waals surface area contributed by atoms with Crippen LogP contribution in [0.15, 0.2) is 18.3 Å². The van der Waals surface area contributed by atoms with Crippen LogP contribution in [0, 0.1) is 5.41 Å². The average molecular weight is 345 g/mol.